The topological polar surface area (TPSA) is 56.7 Å². The predicted molar refractivity (Wildman–Crippen MR) is 70.6 cm³/mol. The van der Waals surface area contributed by atoms with Gasteiger partial charge in [-0.2, -0.15) is 0 Å². The summed E-state index contributed by atoms with van der Waals surface area (Å²) in [4.78, 5) is 8.94. The smallest absolute Gasteiger partial charge is 0.138 e. The van der Waals surface area contributed by atoms with Crippen LogP contribution >= 0.6 is 0 Å². The van der Waals surface area contributed by atoms with Gasteiger partial charge in [-0.1, -0.05) is 0 Å². The second-order valence-corrected chi connectivity index (χ2v) is 4.95. The Morgan fingerprint density at radius 1 is 1.28 bits per heavy atom. The van der Waals surface area contributed by atoms with Crippen LogP contribution in [0, 0.1) is 0 Å². The minimum atomic E-state index is 0.0334. The van der Waals surface area contributed by atoms with Crippen molar-refractivity contribution in [3.05, 3.63) is 41.6 Å². The molecule has 0 bridgehead atoms. The number of hydrogen-bond acceptors (Lipinski definition) is 3. The molecule has 3 rings (SSSR count). The van der Waals surface area contributed by atoms with Crippen LogP contribution in [0.1, 0.15) is 42.8 Å². The molecule has 0 radical (unpaired) electrons. The van der Waals surface area contributed by atoms with Crippen LogP contribution in [-0.4, -0.2) is 14.5 Å². The molecule has 0 fully saturated rings. The van der Waals surface area contributed by atoms with E-state index in [1.807, 2.05) is 25.5 Å². The molecular weight excluding hydrogens is 224 g/mol. The van der Waals surface area contributed by atoms with Gasteiger partial charge < -0.3 is 5.73 Å². The Labute approximate surface area is 107 Å². The maximum Gasteiger partial charge on any atom is 0.138 e. The van der Waals surface area contributed by atoms with Crippen molar-refractivity contribution >= 4 is 0 Å². The van der Waals surface area contributed by atoms with Crippen molar-refractivity contribution in [3.8, 4) is 5.82 Å². The van der Waals surface area contributed by atoms with Crippen LogP contribution in [-0.2, 0) is 12.8 Å². The monoisotopic (exact) mass is 242 g/mol. The fourth-order valence-corrected chi connectivity index (χ4v) is 2.52. The standard InChI is InChI=1S/C14H18N4/c1-10(15)11-6-7-16-14(8-11)18-9-17-12-4-2-3-5-13(12)18/h6-10H,2-5,15H2,1H3/t10-/m0/s1. The summed E-state index contributed by atoms with van der Waals surface area (Å²) in [6.07, 6.45) is 8.39. The zero-order valence-electron chi connectivity index (χ0n) is 10.6. The van der Waals surface area contributed by atoms with E-state index in [-0.39, 0.29) is 6.04 Å². The molecule has 0 aromatic carbocycles. The molecule has 2 aromatic rings. The van der Waals surface area contributed by atoms with Crippen molar-refractivity contribution in [2.45, 2.75) is 38.6 Å². The zero-order chi connectivity index (χ0) is 12.5. The largest absolute Gasteiger partial charge is 0.324 e. The third kappa shape index (κ3) is 1.93. The summed E-state index contributed by atoms with van der Waals surface area (Å²) < 4.78 is 2.11. The first-order valence-corrected chi connectivity index (χ1v) is 6.52. The van der Waals surface area contributed by atoms with Crippen molar-refractivity contribution in [1.29, 1.82) is 0 Å². The number of imidazole rings is 1. The quantitative estimate of drug-likeness (QED) is 0.878. The highest BCUT2D eigenvalue weighted by atomic mass is 15.1. The van der Waals surface area contributed by atoms with Crippen molar-refractivity contribution in [3.63, 3.8) is 0 Å². The molecule has 0 amide bonds. The SMILES string of the molecule is C[C@H](N)c1ccnc(-n2cnc3c2CCCC3)c1. The molecule has 2 heterocycles. The first kappa shape index (κ1) is 11.4. The molecule has 4 nitrogen and oxygen atoms in total. The van der Waals surface area contributed by atoms with Gasteiger partial charge >= 0.3 is 0 Å². The molecule has 1 aliphatic carbocycles. The van der Waals surface area contributed by atoms with Gasteiger partial charge in [-0.25, -0.2) is 9.97 Å². The molecule has 2 N–H and O–H groups in total. The Morgan fingerprint density at radius 2 is 2.11 bits per heavy atom. The minimum absolute atomic E-state index is 0.0334. The zero-order valence-corrected chi connectivity index (χ0v) is 10.6. The van der Waals surface area contributed by atoms with Gasteiger partial charge in [0, 0.05) is 17.9 Å². The molecule has 4 heteroatoms. The fourth-order valence-electron chi connectivity index (χ4n) is 2.52. The Hall–Kier alpha value is -1.68. The van der Waals surface area contributed by atoms with Crippen molar-refractivity contribution in [1.82, 2.24) is 14.5 Å². The highest BCUT2D eigenvalue weighted by Crippen LogP contribution is 2.23. The third-order valence-electron chi connectivity index (χ3n) is 3.57. The molecule has 0 spiro atoms. The summed E-state index contributed by atoms with van der Waals surface area (Å²) in [7, 11) is 0. The van der Waals surface area contributed by atoms with Crippen molar-refractivity contribution < 1.29 is 0 Å². The molecule has 0 aliphatic heterocycles. The summed E-state index contributed by atoms with van der Waals surface area (Å²) in [6, 6.07) is 4.06. The Bertz CT molecular complexity index is 557. The first-order valence-electron chi connectivity index (χ1n) is 6.52. The van der Waals surface area contributed by atoms with E-state index in [1.165, 1.54) is 24.2 Å². The molecule has 0 unspecified atom stereocenters. The van der Waals surface area contributed by atoms with E-state index in [1.54, 1.807) is 0 Å². The summed E-state index contributed by atoms with van der Waals surface area (Å²) in [5, 5.41) is 0. The number of rotatable bonds is 2. The lowest BCUT2D eigenvalue weighted by Gasteiger charge is -2.14. The van der Waals surface area contributed by atoms with Gasteiger partial charge in [-0.3, -0.25) is 4.57 Å². The van der Waals surface area contributed by atoms with E-state index in [9.17, 15) is 0 Å². The molecule has 0 saturated carbocycles. The predicted octanol–water partition coefficient (Wildman–Crippen LogP) is 2.17. The first-order chi connectivity index (χ1) is 8.75. The van der Waals surface area contributed by atoms with Gasteiger partial charge in [0.15, 0.2) is 0 Å². The number of aromatic nitrogens is 3. The lowest BCUT2D eigenvalue weighted by Crippen LogP contribution is -2.10. The second kappa shape index (κ2) is 4.53. The summed E-state index contributed by atoms with van der Waals surface area (Å²) >= 11 is 0. The van der Waals surface area contributed by atoms with Crippen LogP contribution in [0.4, 0.5) is 0 Å². The lowest BCUT2D eigenvalue weighted by molar-refractivity contribution is 0.654. The summed E-state index contributed by atoms with van der Waals surface area (Å²) in [5.74, 6) is 0.931. The van der Waals surface area contributed by atoms with E-state index >= 15 is 0 Å². The molecular formula is C14H18N4. The number of nitrogens with zero attached hydrogens (tertiary/aromatic N) is 3. The average molecular weight is 242 g/mol. The molecule has 94 valence electrons. The Morgan fingerprint density at radius 3 is 2.94 bits per heavy atom. The maximum absolute atomic E-state index is 5.92. The van der Waals surface area contributed by atoms with Gasteiger partial charge in [0.25, 0.3) is 0 Å². The molecule has 2 aromatic heterocycles. The number of hydrogen-bond donors (Lipinski definition) is 1. The van der Waals surface area contributed by atoms with Crippen LogP contribution in [0.2, 0.25) is 0 Å². The van der Waals surface area contributed by atoms with Crippen LogP contribution in [0.5, 0.6) is 0 Å². The van der Waals surface area contributed by atoms with Crippen LogP contribution in [0.3, 0.4) is 0 Å². The van der Waals surface area contributed by atoms with E-state index in [0.29, 0.717) is 0 Å². The van der Waals surface area contributed by atoms with Crippen LogP contribution in [0.25, 0.3) is 5.82 Å². The van der Waals surface area contributed by atoms with E-state index < -0.39 is 0 Å². The molecule has 18 heavy (non-hydrogen) atoms. The number of fused-ring (bicyclic) bond motifs is 1. The normalized spacial score (nSPS) is 16.3. The molecule has 1 aliphatic rings. The van der Waals surface area contributed by atoms with Crippen LogP contribution < -0.4 is 5.73 Å². The Balaban J connectivity index is 2.04. The van der Waals surface area contributed by atoms with E-state index in [0.717, 1.165) is 24.2 Å². The van der Waals surface area contributed by atoms with E-state index in [4.69, 9.17) is 5.73 Å². The van der Waals surface area contributed by atoms with Gasteiger partial charge in [0.1, 0.15) is 12.1 Å². The lowest BCUT2D eigenvalue weighted by atomic mass is 10.0. The molecule has 1 atom stereocenters. The van der Waals surface area contributed by atoms with Gasteiger partial charge in [-0.15, -0.1) is 0 Å². The third-order valence-corrected chi connectivity index (χ3v) is 3.57. The van der Waals surface area contributed by atoms with Gasteiger partial charge in [-0.05, 0) is 50.3 Å². The second-order valence-electron chi connectivity index (χ2n) is 4.95. The minimum Gasteiger partial charge on any atom is -0.324 e. The highest BCUT2D eigenvalue weighted by molar-refractivity contribution is 5.33. The van der Waals surface area contributed by atoms with Crippen LogP contribution in [0.15, 0.2) is 24.7 Å². The van der Waals surface area contributed by atoms with Crippen molar-refractivity contribution in [2.24, 2.45) is 5.73 Å². The number of aryl methyl sites for hydroxylation is 1. The van der Waals surface area contributed by atoms with Crippen molar-refractivity contribution in [2.75, 3.05) is 0 Å². The van der Waals surface area contributed by atoms with Gasteiger partial charge in [0.2, 0.25) is 0 Å². The van der Waals surface area contributed by atoms with E-state index in [2.05, 4.69) is 20.6 Å². The average Bonchev–Trinajstić information content (AvgIpc) is 2.82. The molecule has 0 saturated heterocycles. The summed E-state index contributed by atoms with van der Waals surface area (Å²) in [5.41, 5.74) is 9.58. The van der Waals surface area contributed by atoms with Gasteiger partial charge in [0.05, 0.1) is 5.69 Å². The number of nitrogens with two attached hydrogens (primary N) is 1. The maximum atomic E-state index is 5.92. The summed E-state index contributed by atoms with van der Waals surface area (Å²) in [6.45, 7) is 1.99. The number of pyridine rings is 1. The fraction of sp³-hybridized carbons (Fsp3) is 0.429. The highest BCUT2D eigenvalue weighted by Gasteiger charge is 2.16. The Kier molecular flexibility index (Phi) is 2.88.